The minimum atomic E-state index is -3.75. The molecule has 8 aromatic carbocycles. The van der Waals surface area contributed by atoms with Crippen molar-refractivity contribution in [3.05, 3.63) is 157 Å². The van der Waals surface area contributed by atoms with Gasteiger partial charge in [-0.1, -0.05) is 121 Å². The molecule has 3 heteroatoms. The van der Waals surface area contributed by atoms with Crippen LogP contribution in [0.5, 0.6) is 0 Å². The van der Waals surface area contributed by atoms with E-state index >= 15 is 0 Å². The van der Waals surface area contributed by atoms with E-state index in [4.69, 9.17) is 0 Å². The topological polar surface area (TPSA) is 40.5 Å². The highest BCUT2D eigenvalue weighted by Crippen LogP contribution is 2.49. The fourth-order valence-electron chi connectivity index (χ4n) is 7.58. The molecule has 0 bridgehead atoms. The van der Waals surface area contributed by atoms with Crippen LogP contribution in [-0.2, 0) is 12.1 Å². The number of rotatable bonds is 2. The van der Waals surface area contributed by atoms with E-state index in [0.29, 0.717) is 0 Å². The van der Waals surface area contributed by atoms with Gasteiger partial charge in [-0.3, -0.25) is 0 Å². The van der Waals surface area contributed by atoms with Crippen molar-refractivity contribution in [1.82, 2.24) is 0 Å². The van der Waals surface area contributed by atoms with E-state index in [-0.39, 0.29) is 12.1 Å². The van der Waals surface area contributed by atoms with E-state index < -0.39 is 8.56 Å². The van der Waals surface area contributed by atoms with Gasteiger partial charge in [0.2, 0.25) is 0 Å². The SMILES string of the molecule is O[Si]1(O)Cc2c(-c3ccc4ccccc4c3)cc3ccccc3c2-c2c(c(-c3ccc4ccccc4c3)cc3ccccc23)C1. The van der Waals surface area contributed by atoms with E-state index in [9.17, 15) is 9.59 Å². The lowest BCUT2D eigenvalue weighted by Gasteiger charge is -2.21. The van der Waals surface area contributed by atoms with E-state index in [1.165, 1.54) is 21.5 Å². The zero-order valence-corrected chi connectivity index (χ0v) is 25.7. The fraction of sp³-hybridized carbons (Fsp3) is 0.0476. The Morgan fingerprint density at radius 2 is 0.756 bits per heavy atom. The number of benzene rings is 8. The summed E-state index contributed by atoms with van der Waals surface area (Å²) < 4.78 is 0. The standard InChI is InChI=1S/C42H30O2Si/c43-45(44)25-39-37(33-19-17-27-9-1-3-11-29(27)21-33)23-31-13-5-7-15-35(31)41(39)42-36-16-8-6-14-32(36)24-38(40(42)26-45)34-20-18-28-10-2-4-12-30(28)22-34/h1-24,43-44H,25-26H2. The summed E-state index contributed by atoms with van der Waals surface area (Å²) >= 11 is 0. The van der Waals surface area contributed by atoms with Gasteiger partial charge in [0, 0.05) is 12.1 Å². The van der Waals surface area contributed by atoms with Crippen LogP contribution in [0.3, 0.4) is 0 Å². The molecule has 0 spiro atoms. The summed E-state index contributed by atoms with van der Waals surface area (Å²) in [4.78, 5) is 23.9. The van der Waals surface area contributed by atoms with Crippen molar-refractivity contribution in [2.24, 2.45) is 0 Å². The minimum absolute atomic E-state index is 0.259. The molecule has 0 saturated heterocycles. The normalized spacial score (nSPS) is 14.0. The van der Waals surface area contributed by atoms with Gasteiger partial charge in [-0.05, 0) is 112 Å². The molecular weight excluding hydrogens is 565 g/mol. The molecule has 2 N–H and O–H groups in total. The molecule has 0 unspecified atom stereocenters. The predicted molar refractivity (Wildman–Crippen MR) is 190 cm³/mol. The van der Waals surface area contributed by atoms with Gasteiger partial charge in [0.05, 0.1) is 0 Å². The maximum Gasteiger partial charge on any atom is 0.341 e. The van der Waals surface area contributed by atoms with Gasteiger partial charge in [0.25, 0.3) is 0 Å². The summed E-state index contributed by atoms with van der Waals surface area (Å²) in [5, 5.41) is 9.32. The molecule has 0 aliphatic carbocycles. The van der Waals surface area contributed by atoms with Crippen LogP contribution in [-0.4, -0.2) is 18.2 Å². The Morgan fingerprint density at radius 1 is 0.378 bits per heavy atom. The highest BCUT2D eigenvalue weighted by atomic mass is 28.4. The molecule has 0 radical (unpaired) electrons. The van der Waals surface area contributed by atoms with Crippen LogP contribution in [0.15, 0.2) is 146 Å². The molecule has 0 fully saturated rings. The van der Waals surface area contributed by atoms with E-state index in [1.54, 1.807) is 0 Å². The van der Waals surface area contributed by atoms with Crippen LogP contribution in [0.4, 0.5) is 0 Å². The number of hydrogen-bond acceptors (Lipinski definition) is 2. The molecule has 0 aromatic heterocycles. The van der Waals surface area contributed by atoms with Crippen molar-refractivity contribution in [2.75, 3.05) is 0 Å². The first-order valence-corrected chi connectivity index (χ1v) is 17.9. The lowest BCUT2D eigenvalue weighted by atomic mass is 9.82. The number of fused-ring (bicyclic) bond motifs is 9. The zero-order chi connectivity index (χ0) is 30.1. The lowest BCUT2D eigenvalue weighted by molar-refractivity contribution is 0.357. The maximum absolute atomic E-state index is 12.0. The van der Waals surface area contributed by atoms with Crippen LogP contribution in [0.25, 0.3) is 76.5 Å². The second-order valence-corrected chi connectivity index (χ2v) is 15.1. The summed E-state index contributed by atoms with van der Waals surface area (Å²) in [6.07, 6.45) is 0. The largest absolute Gasteiger partial charge is 0.410 e. The monoisotopic (exact) mass is 594 g/mol. The van der Waals surface area contributed by atoms with Crippen LogP contribution in [0, 0.1) is 0 Å². The molecule has 45 heavy (non-hydrogen) atoms. The van der Waals surface area contributed by atoms with Gasteiger partial charge >= 0.3 is 8.56 Å². The molecule has 8 aromatic rings. The molecule has 2 nitrogen and oxygen atoms in total. The quantitative estimate of drug-likeness (QED) is 0.196. The third-order valence-electron chi connectivity index (χ3n) is 9.60. The summed E-state index contributed by atoms with van der Waals surface area (Å²) in [6, 6.07) is 52.2. The van der Waals surface area contributed by atoms with Gasteiger partial charge in [-0.2, -0.15) is 0 Å². The molecule has 1 aliphatic heterocycles. The van der Waals surface area contributed by atoms with Crippen molar-refractivity contribution >= 4 is 51.7 Å². The van der Waals surface area contributed by atoms with Gasteiger partial charge in [0.1, 0.15) is 0 Å². The molecule has 0 atom stereocenters. The zero-order valence-electron chi connectivity index (χ0n) is 24.7. The Morgan fingerprint density at radius 3 is 1.20 bits per heavy atom. The predicted octanol–water partition coefficient (Wildman–Crippen LogP) is 9.90. The molecule has 9 rings (SSSR count). The molecule has 1 heterocycles. The minimum Gasteiger partial charge on any atom is -0.410 e. The van der Waals surface area contributed by atoms with Crippen LogP contribution >= 0.6 is 0 Å². The second-order valence-electron chi connectivity index (χ2n) is 12.5. The summed E-state index contributed by atoms with van der Waals surface area (Å²) in [5.74, 6) is 0. The van der Waals surface area contributed by atoms with Crippen molar-refractivity contribution in [3.8, 4) is 33.4 Å². The first-order valence-electron chi connectivity index (χ1n) is 15.6. The second kappa shape index (κ2) is 9.98. The van der Waals surface area contributed by atoms with Crippen LogP contribution in [0.1, 0.15) is 11.1 Å². The highest BCUT2D eigenvalue weighted by molar-refractivity contribution is 6.64. The number of hydrogen-bond donors (Lipinski definition) is 2. The van der Waals surface area contributed by atoms with Crippen LogP contribution < -0.4 is 0 Å². The average Bonchev–Trinajstić information content (AvgIpc) is 3.20. The average molecular weight is 595 g/mol. The van der Waals surface area contributed by atoms with E-state index in [0.717, 1.165) is 66.1 Å². The van der Waals surface area contributed by atoms with Crippen molar-refractivity contribution < 1.29 is 9.59 Å². The van der Waals surface area contributed by atoms with Gasteiger partial charge in [-0.15, -0.1) is 0 Å². The van der Waals surface area contributed by atoms with Crippen molar-refractivity contribution in [1.29, 1.82) is 0 Å². The first kappa shape index (κ1) is 26.3. The summed E-state index contributed by atoms with van der Waals surface area (Å²) in [5.41, 5.74) is 8.65. The molecule has 0 amide bonds. The van der Waals surface area contributed by atoms with Crippen molar-refractivity contribution in [3.63, 3.8) is 0 Å². The smallest absolute Gasteiger partial charge is 0.341 e. The van der Waals surface area contributed by atoms with E-state index in [2.05, 4.69) is 146 Å². The summed E-state index contributed by atoms with van der Waals surface area (Å²) in [6.45, 7) is 0. The molecule has 1 aliphatic rings. The fourth-order valence-corrected chi connectivity index (χ4v) is 9.57. The lowest BCUT2D eigenvalue weighted by Crippen LogP contribution is -2.40. The maximum atomic E-state index is 12.0. The van der Waals surface area contributed by atoms with Gasteiger partial charge in [0.15, 0.2) is 0 Å². The third kappa shape index (κ3) is 4.32. The molecule has 0 saturated carbocycles. The molecule has 214 valence electrons. The molecular formula is C42H30O2Si. The Hall–Kier alpha value is -5.06. The van der Waals surface area contributed by atoms with Gasteiger partial charge in [-0.25, -0.2) is 0 Å². The van der Waals surface area contributed by atoms with Crippen molar-refractivity contribution in [2.45, 2.75) is 12.1 Å². The van der Waals surface area contributed by atoms with E-state index in [1.807, 2.05) is 0 Å². The Labute approximate surface area is 262 Å². The Kier molecular flexibility index (Phi) is 5.84. The summed E-state index contributed by atoms with van der Waals surface area (Å²) in [7, 11) is -3.75. The van der Waals surface area contributed by atoms with Gasteiger partial charge < -0.3 is 9.59 Å². The van der Waals surface area contributed by atoms with Crippen LogP contribution in [0.2, 0.25) is 0 Å². The highest BCUT2D eigenvalue weighted by Gasteiger charge is 2.39. The Bertz CT molecular complexity index is 2300. The third-order valence-corrected chi connectivity index (χ3v) is 11.4. The first-order chi connectivity index (χ1) is 22.0. The Balaban J connectivity index is 1.43.